The first-order valence-corrected chi connectivity index (χ1v) is 15.8. The summed E-state index contributed by atoms with van der Waals surface area (Å²) < 4.78 is 0. The highest BCUT2D eigenvalue weighted by atomic mass is 16.3. The Morgan fingerprint density at radius 1 is 0.659 bits per heavy atom. The van der Waals surface area contributed by atoms with Gasteiger partial charge in [-0.05, 0) is 81.9 Å². The Labute approximate surface area is 267 Å². The number of allylic oxidation sites excluding steroid dienone is 19. The number of hydrogen-bond acceptors (Lipinski definition) is 4. The lowest BCUT2D eigenvalue weighted by Gasteiger charge is -2.38. The van der Waals surface area contributed by atoms with Gasteiger partial charge in [0, 0.05) is 5.41 Å². The third-order valence-corrected chi connectivity index (χ3v) is 9.39. The fraction of sp³-hybridized carbons (Fsp3) is 0.475. The van der Waals surface area contributed by atoms with Crippen molar-refractivity contribution < 1.29 is 20.1 Å². The molecule has 0 aromatic rings. The van der Waals surface area contributed by atoms with E-state index in [0.717, 1.165) is 33.4 Å². The molecule has 240 valence electrons. The minimum absolute atomic E-state index is 0.0775. The number of aliphatic hydroxyl groups excluding tert-OH is 3. The van der Waals surface area contributed by atoms with Crippen LogP contribution in [0.1, 0.15) is 88.5 Å². The maximum absolute atomic E-state index is 12.9. The maximum atomic E-state index is 12.9. The van der Waals surface area contributed by atoms with Crippen molar-refractivity contribution in [1.29, 1.82) is 0 Å². The van der Waals surface area contributed by atoms with Crippen molar-refractivity contribution in [3.63, 3.8) is 0 Å². The molecule has 3 N–H and O–H groups in total. The molecular weight excluding hydrogens is 544 g/mol. The van der Waals surface area contributed by atoms with Crippen LogP contribution < -0.4 is 0 Å². The van der Waals surface area contributed by atoms with Gasteiger partial charge in [-0.3, -0.25) is 4.79 Å². The zero-order chi connectivity index (χ0) is 33.3. The van der Waals surface area contributed by atoms with Crippen LogP contribution in [0.2, 0.25) is 0 Å². The molecule has 0 saturated heterocycles. The zero-order valence-electron chi connectivity index (χ0n) is 28.7. The average molecular weight is 601 g/mol. The first-order chi connectivity index (χ1) is 20.4. The average Bonchev–Trinajstić information content (AvgIpc) is 3.14. The van der Waals surface area contributed by atoms with E-state index < -0.39 is 23.7 Å². The molecule has 1 saturated carbocycles. The van der Waals surface area contributed by atoms with E-state index in [4.69, 9.17) is 0 Å². The van der Waals surface area contributed by atoms with Crippen molar-refractivity contribution in [3.8, 4) is 0 Å². The standard InChI is InChI=1S/C40H56O4/c1-28(17-13-19-30(3)21-23-34-32(5)37(44)35(42)27-38(34,6)7)15-11-12-16-29(2)18-14-20-31(4)22-24-36(43)40(10)26-33(41)25-39(40,8)9/h11-24,33,35,37,41-42,44H,25-27H2,1-10H3/b12-11+,17-13+,18-14+,23-21+,24-22+,28-15+,29-16+,30-19+,31-20+/t33-,35-,37?,40-/m0/s1. The lowest BCUT2D eigenvalue weighted by atomic mass is 9.66. The zero-order valence-corrected chi connectivity index (χ0v) is 28.7. The highest BCUT2D eigenvalue weighted by molar-refractivity contribution is 5.95. The Morgan fingerprint density at radius 2 is 1.14 bits per heavy atom. The lowest BCUT2D eigenvalue weighted by Crippen LogP contribution is -2.38. The number of aliphatic hydroxyl groups is 3. The first-order valence-electron chi connectivity index (χ1n) is 15.8. The van der Waals surface area contributed by atoms with Crippen LogP contribution >= 0.6 is 0 Å². The van der Waals surface area contributed by atoms with Gasteiger partial charge in [0.05, 0.1) is 12.2 Å². The minimum Gasteiger partial charge on any atom is -0.393 e. The number of ketones is 1. The minimum atomic E-state index is -0.801. The summed E-state index contributed by atoms with van der Waals surface area (Å²) >= 11 is 0. The van der Waals surface area contributed by atoms with Crippen LogP contribution in [0, 0.1) is 16.2 Å². The SMILES string of the molecule is CC1=C(/C=C/C(C)=C/C=C/C(C)=C/C=C/C=C(C)/C=C/C=C(C)/C=C/C(=O)[C@]2(C)C[C@@H](O)CC2(C)C)C(C)(C)C[C@H](O)C1O. The van der Waals surface area contributed by atoms with Gasteiger partial charge in [-0.2, -0.15) is 0 Å². The fourth-order valence-electron chi connectivity index (χ4n) is 6.10. The molecule has 2 aliphatic carbocycles. The van der Waals surface area contributed by atoms with E-state index in [2.05, 4.69) is 71.1 Å². The van der Waals surface area contributed by atoms with E-state index in [1.807, 2.05) is 77.2 Å². The van der Waals surface area contributed by atoms with E-state index in [9.17, 15) is 20.1 Å². The summed E-state index contributed by atoms with van der Waals surface area (Å²) in [7, 11) is 0. The van der Waals surface area contributed by atoms with Crippen molar-refractivity contribution in [2.24, 2.45) is 16.2 Å². The van der Waals surface area contributed by atoms with Crippen molar-refractivity contribution in [2.75, 3.05) is 0 Å². The number of rotatable bonds is 11. The summed E-state index contributed by atoms with van der Waals surface area (Å²) in [5.41, 5.74) is 5.31. The second-order valence-electron chi connectivity index (χ2n) is 14.3. The molecule has 2 rings (SSSR count). The van der Waals surface area contributed by atoms with Crippen molar-refractivity contribution in [3.05, 3.63) is 119 Å². The largest absolute Gasteiger partial charge is 0.393 e. The number of carbonyl (C=O) groups is 1. The molecule has 0 amide bonds. The molecule has 0 bridgehead atoms. The van der Waals surface area contributed by atoms with Crippen LogP contribution in [0.4, 0.5) is 0 Å². The summed E-state index contributed by atoms with van der Waals surface area (Å²) in [5, 5.41) is 30.5. The third-order valence-electron chi connectivity index (χ3n) is 9.39. The van der Waals surface area contributed by atoms with Crippen LogP contribution in [0.25, 0.3) is 0 Å². The molecular formula is C40H56O4. The molecule has 0 aliphatic heterocycles. The quantitative estimate of drug-likeness (QED) is 0.164. The van der Waals surface area contributed by atoms with E-state index in [0.29, 0.717) is 19.3 Å². The summed E-state index contributed by atoms with van der Waals surface area (Å²) in [5.74, 6) is 0.0775. The monoisotopic (exact) mass is 600 g/mol. The predicted molar refractivity (Wildman–Crippen MR) is 186 cm³/mol. The molecule has 0 aromatic carbocycles. The van der Waals surface area contributed by atoms with E-state index in [1.165, 1.54) is 0 Å². The third kappa shape index (κ3) is 10.3. The first kappa shape index (κ1) is 37.1. The summed E-state index contributed by atoms with van der Waals surface area (Å²) in [4.78, 5) is 12.9. The van der Waals surface area contributed by atoms with Gasteiger partial charge in [0.25, 0.3) is 0 Å². The molecule has 0 heterocycles. The van der Waals surface area contributed by atoms with Gasteiger partial charge in [0.1, 0.15) is 6.10 Å². The van der Waals surface area contributed by atoms with Gasteiger partial charge in [0.2, 0.25) is 0 Å². The van der Waals surface area contributed by atoms with Gasteiger partial charge < -0.3 is 15.3 Å². The maximum Gasteiger partial charge on any atom is 0.162 e. The molecule has 4 heteroatoms. The molecule has 44 heavy (non-hydrogen) atoms. The molecule has 0 aromatic heterocycles. The van der Waals surface area contributed by atoms with Crippen molar-refractivity contribution in [2.45, 2.75) is 107 Å². The molecule has 1 unspecified atom stereocenters. The topological polar surface area (TPSA) is 77.8 Å². The van der Waals surface area contributed by atoms with E-state index in [-0.39, 0.29) is 16.6 Å². The van der Waals surface area contributed by atoms with Gasteiger partial charge in [0.15, 0.2) is 5.78 Å². The van der Waals surface area contributed by atoms with Gasteiger partial charge >= 0.3 is 0 Å². The number of carbonyl (C=O) groups excluding carboxylic acids is 1. The van der Waals surface area contributed by atoms with Crippen LogP contribution in [0.3, 0.4) is 0 Å². The Bertz CT molecular complexity index is 1350. The normalized spacial score (nSPS) is 29.1. The van der Waals surface area contributed by atoms with Gasteiger partial charge in [-0.15, -0.1) is 0 Å². The highest BCUT2D eigenvalue weighted by Gasteiger charge is 2.52. The Kier molecular flexibility index (Phi) is 13.3. The molecule has 2 aliphatic rings. The summed E-state index contributed by atoms with van der Waals surface area (Å²) in [6.45, 7) is 20.3. The molecule has 4 atom stereocenters. The second-order valence-corrected chi connectivity index (χ2v) is 14.3. The van der Waals surface area contributed by atoms with Gasteiger partial charge in [-0.25, -0.2) is 0 Å². The second kappa shape index (κ2) is 15.8. The van der Waals surface area contributed by atoms with Crippen LogP contribution in [-0.4, -0.2) is 39.4 Å². The van der Waals surface area contributed by atoms with E-state index in [1.54, 1.807) is 6.08 Å². The fourth-order valence-corrected chi connectivity index (χ4v) is 6.10. The van der Waals surface area contributed by atoms with Crippen LogP contribution in [0.15, 0.2) is 119 Å². The Hall–Kier alpha value is -3.05. The van der Waals surface area contributed by atoms with Crippen LogP contribution in [-0.2, 0) is 4.79 Å². The molecule has 0 spiro atoms. The molecule has 1 fully saturated rings. The molecule has 4 nitrogen and oxygen atoms in total. The number of hydrogen-bond donors (Lipinski definition) is 3. The van der Waals surface area contributed by atoms with Crippen LogP contribution in [0.5, 0.6) is 0 Å². The van der Waals surface area contributed by atoms with Crippen molar-refractivity contribution in [1.82, 2.24) is 0 Å². The van der Waals surface area contributed by atoms with E-state index >= 15 is 0 Å². The Morgan fingerprint density at radius 3 is 1.64 bits per heavy atom. The predicted octanol–water partition coefficient (Wildman–Crippen LogP) is 8.78. The van der Waals surface area contributed by atoms with Gasteiger partial charge in [-0.1, -0.05) is 136 Å². The molecule has 0 radical (unpaired) electrons. The summed E-state index contributed by atoms with van der Waals surface area (Å²) in [6.07, 6.45) is 27.7. The Balaban J connectivity index is 1.91. The highest BCUT2D eigenvalue weighted by Crippen LogP contribution is 2.53. The summed E-state index contributed by atoms with van der Waals surface area (Å²) in [6, 6.07) is 0. The smallest absolute Gasteiger partial charge is 0.162 e. The van der Waals surface area contributed by atoms with Crippen molar-refractivity contribution >= 4 is 5.78 Å². The lowest BCUT2D eigenvalue weighted by molar-refractivity contribution is -0.127.